The molecule has 31 heavy (non-hydrogen) atoms. The third kappa shape index (κ3) is 3.97. The predicted molar refractivity (Wildman–Crippen MR) is 126 cm³/mol. The summed E-state index contributed by atoms with van der Waals surface area (Å²) in [5.74, 6) is -0.183. The van der Waals surface area contributed by atoms with Crippen molar-refractivity contribution < 1.29 is 4.79 Å². The number of nitrogens with one attached hydrogen (secondary N) is 1. The Morgan fingerprint density at radius 2 is 2.10 bits per heavy atom. The van der Waals surface area contributed by atoms with Crippen LogP contribution in [0.15, 0.2) is 60.2 Å². The Balaban J connectivity index is 1.39. The van der Waals surface area contributed by atoms with Crippen LogP contribution in [0.5, 0.6) is 0 Å². The average Bonchev–Trinajstić information content (AvgIpc) is 3.48. The highest BCUT2D eigenvalue weighted by Crippen LogP contribution is 2.31. The van der Waals surface area contributed by atoms with Crippen LogP contribution in [-0.2, 0) is 6.54 Å². The van der Waals surface area contributed by atoms with E-state index in [2.05, 4.69) is 20.4 Å². The molecule has 6 nitrogen and oxygen atoms in total. The lowest BCUT2D eigenvalue weighted by atomic mass is 10.2. The summed E-state index contributed by atoms with van der Waals surface area (Å²) >= 11 is 9.11. The second-order valence-electron chi connectivity index (χ2n) is 6.90. The number of benzene rings is 1. The molecule has 1 amide bonds. The van der Waals surface area contributed by atoms with Crippen LogP contribution in [0.4, 0.5) is 5.13 Å². The van der Waals surface area contributed by atoms with Gasteiger partial charge in [0.2, 0.25) is 0 Å². The largest absolute Gasteiger partial charge is 0.297 e. The van der Waals surface area contributed by atoms with Gasteiger partial charge in [0.25, 0.3) is 5.91 Å². The Kier molecular flexibility index (Phi) is 5.27. The number of anilines is 1. The molecule has 0 aliphatic rings. The second-order valence-corrected chi connectivity index (χ2v) is 9.19. The van der Waals surface area contributed by atoms with E-state index in [1.165, 1.54) is 22.7 Å². The summed E-state index contributed by atoms with van der Waals surface area (Å²) in [4.78, 5) is 23.0. The first-order valence-corrected chi connectivity index (χ1v) is 11.5. The lowest BCUT2D eigenvalue weighted by Crippen LogP contribution is -2.10. The van der Waals surface area contributed by atoms with E-state index < -0.39 is 0 Å². The fourth-order valence-electron chi connectivity index (χ4n) is 3.26. The fourth-order valence-corrected chi connectivity index (χ4v) is 5.22. The number of amides is 1. The summed E-state index contributed by atoms with van der Waals surface area (Å²) in [5.41, 5.74) is 3.57. The summed E-state index contributed by atoms with van der Waals surface area (Å²) in [5, 5.41) is 11.7. The van der Waals surface area contributed by atoms with E-state index >= 15 is 0 Å². The summed E-state index contributed by atoms with van der Waals surface area (Å²) in [6.07, 6.45) is 3.47. The monoisotopic (exact) mass is 465 g/mol. The fraction of sp³-hybridized carbons (Fsp3) is 0.0909. The van der Waals surface area contributed by atoms with Gasteiger partial charge in [-0.05, 0) is 36.8 Å². The second kappa shape index (κ2) is 8.22. The van der Waals surface area contributed by atoms with Gasteiger partial charge in [-0.2, -0.15) is 5.10 Å². The topological polar surface area (TPSA) is 72.7 Å². The van der Waals surface area contributed by atoms with Crippen LogP contribution in [0.1, 0.15) is 20.9 Å². The van der Waals surface area contributed by atoms with Crippen molar-refractivity contribution >= 4 is 55.5 Å². The Morgan fingerprint density at radius 1 is 1.23 bits per heavy atom. The number of aryl methyl sites for hydroxylation is 1. The first kappa shape index (κ1) is 19.9. The van der Waals surface area contributed by atoms with Crippen LogP contribution >= 0.6 is 34.3 Å². The molecular formula is C22H16ClN5OS2. The maximum atomic E-state index is 12.9. The Morgan fingerprint density at radius 3 is 2.90 bits per heavy atom. The van der Waals surface area contributed by atoms with E-state index in [1.807, 2.05) is 59.5 Å². The van der Waals surface area contributed by atoms with Crippen LogP contribution in [0, 0.1) is 6.92 Å². The number of halogens is 1. The third-order valence-corrected chi connectivity index (χ3v) is 7.06. The van der Waals surface area contributed by atoms with Crippen molar-refractivity contribution in [3.05, 3.63) is 81.4 Å². The molecule has 0 radical (unpaired) electrons. The number of pyridine rings is 1. The number of hydrogen-bond acceptors (Lipinski definition) is 6. The van der Waals surface area contributed by atoms with Gasteiger partial charge >= 0.3 is 0 Å². The van der Waals surface area contributed by atoms with E-state index in [4.69, 9.17) is 11.6 Å². The molecule has 0 aliphatic carbocycles. The molecule has 0 spiro atoms. The maximum absolute atomic E-state index is 12.9. The third-order valence-electron chi connectivity index (χ3n) is 4.79. The molecule has 5 rings (SSSR count). The van der Waals surface area contributed by atoms with Crippen LogP contribution in [0.3, 0.4) is 0 Å². The van der Waals surface area contributed by atoms with Gasteiger partial charge in [0.15, 0.2) is 5.13 Å². The zero-order valence-electron chi connectivity index (χ0n) is 16.4. The van der Waals surface area contributed by atoms with Crippen molar-refractivity contribution in [1.82, 2.24) is 19.7 Å². The number of thiazole rings is 1. The molecule has 154 valence electrons. The van der Waals surface area contributed by atoms with Crippen LogP contribution in [0.2, 0.25) is 5.02 Å². The van der Waals surface area contributed by atoms with Gasteiger partial charge in [0.1, 0.15) is 4.83 Å². The van der Waals surface area contributed by atoms with Gasteiger partial charge in [-0.3, -0.25) is 19.8 Å². The number of carbonyl (C=O) groups is 1. The number of nitrogens with zero attached hydrogens (tertiary/aromatic N) is 4. The summed E-state index contributed by atoms with van der Waals surface area (Å²) < 4.78 is 1.90. The molecule has 0 atom stereocenters. The van der Waals surface area contributed by atoms with Gasteiger partial charge in [0.05, 0.1) is 22.8 Å². The Labute approximate surface area is 191 Å². The molecule has 4 heterocycles. The molecule has 0 bridgehead atoms. The van der Waals surface area contributed by atoms with Gasteiger partial charge in [0, 0.05) is 33.7 Å². The number of aromatic nitrogens is 4. The van der Waals surface area contributed by atoms with Crippen molar-refractivity contribution in [3.8, 4) is 11.3 Å². The summed E-state index contributed by atoms with van der Waals surface area (Å²) in [6, 6.07) is 13.4. The minimum atomic E-state index is -0.183. The molecule has 1 aromatic carbocycles. The van der Waals surface area contributed by atoms with Crippen molar-refractivity contribution in [2.75, 3.05) is 5.32 Å². The highest BCUT2D eigenvalue weighted by Gasteiger charge is 2.18. The molecule has 9 heteroatoms. The smallest absolute Gasteiger partial charge is 0.267 e. The van der Waals surface area contributed by atoms with Crippen LogP contribution in [0.25, 0.3) is 21.5 Å². The van der Waals surface area contributed by atoms with E-state index in [0.717, 1.165) is 32.7 Å². The average molecular weight is 466 g/mol. The Bertz CT molecular complexity index is 1390. The van der Waals surface area contributed by atoms with E-state index in [0.29, 0.717) is 21.6 Å². The molecule has 0 saturated heterocycles. The molecule has 0 unspecified atom stereocenters. The minimum Gasteiger partial charge on any atom is -0.297 e. The lowest BCUT2D eigenvalue weighted by Gasteiger charge is -2.05. The van der Waals surface area contributed by atoms with Crippen molar-refractivity contribution in [2.45, 2.75) is 13.5 Å². The first-order chi connectivity index (χ1) is 15.1. The number of rotatable bonds is 5. The zero-order valence-corrected chi connectivity index (χ0v) is 18.8. The zero-order chi connectivity index (χ0) is 21.4. The summed E-state index contributed by atoms with van der Waals surface area (Å²) in [7, 11) is 0. The first-order valence-electron chi connectivity index (χ1n) is 9.46. The number of fused-ring (bicyclic) bond motifs is 1. The molecule has 4 aromatic heterocycles. The minimum absolute atomic E-state index is 0.183. The SMILES string of the molecule is Cc1nn(Cc2ccccc2Cl)c2sc(C(=O)Nc3nc(-c4cccnc4)cs3)cc12. The van der Waals surface area contributed by atoms with Crippen molar-refractivity contribution in [2.24, 2.45) is 0 Å². The van der Waals surface area contributed by atoms with Gasteiger partial charge in [-0.25, -0.2) is 4.98 Å². The standard InChI is InChI=1S/C22H16ClN5OS2/c1-13-16-9-19(31-21(16)28(27-13)11-15-5-2-3-7-17(15)23)20(29)26-22-25-18(12-30-22)14-6-4-8-24-10-14/h2-10,12H,11H2,1H3,(H,25,26,29). The molecule has 0 saturated carbocycles. The van der Waals surface area contributed by atoms with Gasteiger partial charge < -0.3 is 0 Å². The predicted octanol–water partition coefficient (Wildman–Crippen LogP) is 5.88. The Hall–Kier alpha value is -3.07. The molecular weight excluding hydrogens is 450 g/mol. The van der Waals surface area contributed by atoms with Crippen molar-refractivity contribution in [3.63, 3.8) is 0 Å². The summed E-state index contributed by atoms with van der Waals surface area (Å²) in [6.45, 7) is 2.49. The molecule has 1 N–H and O–H groups in total. The van der Waals surface area contributed by atoms with Crippen molar-refractivity contribution in [1.29, 1.82) is 0 Å². The van der Waals surface area contributed by atoms with E-state index in [1.54, 1.807) is 12.4 Å². The maximum Gasteiger partial charge on any atom is 0.267 e. The van der Waals surface area contributed by atoms with Crippen LogP contribution in [-0.4, -0.2) is 25.7 Å². The molecule has 0 aliphatic heterocycles. The number of thiophene rings is 1. The highest BCUT2D eigenvalue weighted by atomic mass is 35.5. The molecule has 0 fully saturated rings. The van der Waals surface area contributed by atoms with E-state index in [9.17, 15) is 4.79 Å². The van der Waals surface area contributed by atoms with Gasteiger partial charge in [-0.15, -0.1) is 22.7 Å². The van der Waals surface area contributed by atoms with E-state index in [-0.39, 0.29) is 5.91 Å². The number of carbonyl (C=O) groups excluding carboxylic acids is 1. The number of hydrogen-bond donors (Lipinski definition) is 1. The quantitative estimate of drug-likeness (QED) is 0.352. The molecule has 5 aromatic rings. The normalized spacial score (nSPS) is 11.2. The lowest BCUT2D eigenvalue weighted by molar-refractivity contribution is 0.103. The highest BCUT2D eigenvalue weighted by molar-refractivity contribution is 7.20. The van der Waals surface area contributed by atoms with Gasteiger partial charge in [-0.1, -0.05) is 29.8 Å². The van der Waals surface area contributed by atoms with Crippen LogP contribution < -0.4 is 5.32 Å².